The molecule has 21 heavy (non-hydrogen) atoms. The first-order chi connectivity index (χ1) is 10.2. The monoisotopic (exact) mass is 280 g/mol. The van der Waals surface area contributed by atoms with Crippen LogP contribution in [-0.4, -0.2) is 10.9 Å². The predicted octanol–water partition coefficient (Wildman–Crippen LogP) is 3.30. The summed E-state index contributed by atoms with van der Waals surface area (Å²) in [5, 5.41) is 3.45. The van der Waals surface area contributed by atoms with Crippen LogP contribution in [-0.2, 0) is 6.54 Å². The maximum atomic E-state index is 13.7. The van der Waals surface area contributed by atoms with E-state index in [9.17, 15) is 9.18 Å². The number of carbonyl (C=O) groups excluding carboxylic acids is 1. The first-order valence-electron chi connectivity index (χ1n) is 6.61. The molecular weight excluding hydrogens is 267 g/mol. The Labute approximate surface area is 121 Å². The number of hydrogen-bond donors (Lipinski definition) is 1. The maximum absolute atomic E-state index is 13.7. The Morgan fingerprint density at radius 2 is 1.81 bits per heavy atom. The highest BCUT2D eigenvalue weighted by Gasteiger charge is 2.09. The molecule has 1 amide bonds. The summed E-state index contributed by atoms with van der Waals surface area (Å²) < 4.78 is 13.7. The Hall–Kier alpha value is -2.75. The van der Waals surface area contributed by atoms with Crippen molar-refractivity contribution < 1.29 is 9.18 Å². The number of carbonyl (C=O) groups is 1. The molecule has 0 bridgehead atoms. The molecule has 3 nitrogen and oxygen atoms in total. The number of hydrogen-bond acceptors (Lipinski definition) is 2. The zero-order chi connectivity index (χ0) is 14.7. The fraction of sp³-hybridized carbons (Fsp3) is 0.0588. The third-order valence-corrected chi connectivity index (χ3v) is 3.20. The summed E-state index contributed by atoms with van der Waals surface area (Å²) in [6, 6.07) is 17.6. The highest BCUT2D eigenvalue weighted by molar-refractivity contribution is 5.94. The summed E-state index contributed by atoms with van der Waals surface area (Å²) in [7, 11) is 0. The lowest BCUT2D eigenvalue weighted by molar-refractivity contribution is 0.0946. The van der Waals surface area contributed by atoms with Crippen molar-refractivity contribution in [1.29, 1.82) is 0 Å². The van der Waals surface area contributed by atoms with Gasteiger partial charge in [-0.3, -0.25) is 4.79 Å². The summed E-state index contributed by atoms with van der Waals surface area (Å²) in [5.74, 6) is -0.741. The summed E-state index contributed by atoms with van der Waals surface area (Å²) in [6.07, 6.45) is 0. The van der Waals surface area contributed by atoms with Gasteiger partial charge < -0.3 is 5.32 Å². The average molecular weight is 280 g/mol. The van der Waals surface area contributed by atoms with Gasteiger partial charge in [-0.25, -0.2) is 9.37 Å². The second kappa shape index (κ2) is 5.71. The van der Waals surface area contributed by atoms with Crippen molar-refractivity contribution in [3.05, 3.63) is 77.7 Å². The average Bonchev–Trinajstić information content (AvgIpc) is 2.54. The summed E-state index contributed by atoms with van der Waals surface area (Å²) in [6.45, 7) is 0.413. The molecule has 0 saturated heterocycles. The van der Waals surface area contributed by atoms with Gasteiger partial charge in [-0.1, -0.05) is 48.5 Å². The van der Waals surface area contributed by atoms with Gasteiger partial charge >= 0.3 is 0 Å². The molecule has 0 atom stereocenters. The SMILES string of the molecule is O=C(NCc1ccccc1)c1ccc2cccc(F)c2n1. The number of nitrogens with zero attached hydrogens (tertiary/aromatic N) is 1. The number of halogens is 1. The molecule has 0 spiro atoms. The molecular formula is C17H13FN2O. The lowest BCUT2D eigenvalue weighted by atomic mass is 10.2. The maximum Gasteiger partial charge on any atom is 0.270 e. The van der Waals surface area contributed by atoms with Gasteiger partial charge in [-0.15, -0.1) is 0 Å². The van der Waals surface area contributed by atoms with Crippen molar-refractivity contribution in [3.63, 3.8) is 0 Å². The minimum absolute atomic E-state index is 0.212. The van der Waals surface area contributed by atoms with Crippen LogP contribution >= 0.6 is 0 Å². The fourth-order valence-corrected chi connectivity index (χ4v) is 2.11. The second-order valence-electron chi connectivity index (χ2n) is 4.68. The molecule has 0 radical (unpaired) electrons. The first-order valence-corrected chi connectivity index (χ1v) is 6.61. The van der Waals surface area contributed by atoms with E-state index in [0.717, 1.165) is 5.56 Å². The molecule has 0 aliphatic carbocycles. The summed E-state index contributed by atoms with van der Waals surface area (Å²) >= 11 is 0. The lowest BCUT2D eigenvalue weighted by Crippen LogP contribution is -2.23. The van der Waals surface area contributed by atoms with Crippen molar-refractivity contribution in [2.45, 2.75) is 6.54 Å². The van der Waals surface area contributed by atoms with E-state index in [2.05, 4.69) is 10.3 Å². The van der Waals surface area contributed by atoms with Crippen LogP contribution in [0, 0.1) is 5.82 Å². The first kappa shape index (κ1) is 13.2. The van der Waals surface area contributed by atoms with Crippen LogP contribution in [0.15, 0.2) is 60.7 Å². The number of para-hydroxylation sites is 1. The van der Waals surface area contributed by atoms with Crippen LogP contribution in [0.25, 0.3) is 10.9 Å². The Morgan fingerprint density at radius 3 is 2.62 bits per heavy atom. The van der Waals surface area contributed by atoms with Crippen LogP contribution in [0.5, 0.6) is 0 Å². The standard InChI is InChI=1S/C17H13FN2O/c18-14-8-4-7-13-9-10-15(20-16(13)14)17(21)19-11-12-5-2-1-3-6-12/h1-10H,11H2,(H,19,21). The highest BCUT2D eigenvalue weighted by atomic mass is 19.1. The summed E-state index contributed by atoms with van der Waals surface area (Å²) in [4.78, 5) is 16.2. The molecule has 3 aromatic rings. The number of fused-ring (bicyclic) bond motifs is 1. The number of pyridine rings is 1. The van der Waals surface area contributed by atoms with Gasteiger partial charge in [0.15, 0.2) is 0 Å². The van der Waals surface area contributed by atoms with Gasteiger partial charge in [0.05, 0.1) is 0 Å². The Kier molecular flexibility index (Phi) is 3.60. The molecule has 1 heterocycles. The Balaban J connectivity index is 1.80. The van der Waals surface area contributed by atoms with Gasteiger partial charge in [0.25, 0.3) is 5.91 Å². The van der Waals surface area contributed by atoms with Crippen LogP contribution < -0.4 is 5.32 Å². The van der Waals surface area contributed by atoms with Crippen molar-refractivity contribution >= 4 is 16.8 Å². The highest BCUT2D eigenvalue weighted by Crippen LogP contribution is 2.15. The molecule has 1 aromatic heterocycles. The van der Waals surface area contributed by atoms with Gasteiger partial charge in [0.2, 0.25) is 0 Å². The van der Waals surface area contributed by atoms with E-state index in [0.29, 0.717) is 11.9 Å². The third kappa shape index (κ3) is 2.89. The zero-order valence-corrected chi connectivity index (χ0v) is 11.2. The quantitative estimate of drug-likeness (QED) is 0.799. The van der Waals surface area contributed by atoms with E-state index in [4.69, 9.17) is 0 Å². The van der Waals surface area contributed by atoms with Crippen molar-refractivity contribution in [3.8, 4) is 0 Å². The van der Waals surface area contributed by atoms with Crippen molar-refractivity contribution in [2.75, 3.05) is 0 Å². The van der Waals surface area contributed by atoms with E-state index in [1.807, 2.05) is 30.3 Å². The summed E-state index contributed by atoms with van der Waals surface area (Å²) in [5.41, 5.74) is 1.42. The third-order valence-electron chi connectivity index (χ3n) is 3.20. The predicted molar refractivity (Wildman–Crippen MR) is 79.3 cm³/mol. The lowest BCUT2D eigenvalue weighted by Gasteiger charge is -2.06. The zero-order valence-electron chi connectivity index (χ0n) is 11.2. The number of nitrogens with one attached hydrogen (secondary N) is 1. The van der Waals surface area contributed by atoms with E-state index in [1.54, 1.807) is 24.3 Å². The van der Waals surface area contributed by atoms with E-state index in [1.165, 1.54) is 6.07 Å². The number of aromatic nitrogens is 1. The van der Waals surface area contributed by atoms with Crippen LogP contribution in [0.2, 0.25) is 0 Å². The number of benzene rings is 2. The van der Waals surface area contributed by atoms with Crippen LogP contribution in [0.4, 0.5) is 4.39 Å². The molecule has 104 valence electrons. The number of amides is 1. The van der Waals surface area contributed by atoms with Gasteiger partial charge in [-0.2, -0.15) is 0 Å². The van der Waals surface area contributed by atoms with Gasteiger partial charge in [-0.05, 0) is 17.7 Å². The molecule has 0 saturated carbocycles. The molecule has 0 aliphatic rings. The Morgan fingerprint density at radius 1 is 1.00 bits per heavy atom. The van der Waals surface area contributed by atoms with Crippen molar-refractivity contribution in [2.24, 2.45) is 0 Å². The molecule has 3 rings (SSSR count). The van der Waals surface area contributed by atoms with Crippen LogP contribution in [0.1, 0.15) is 16.1 Å². The fourth-order valence-electron chi connectivity index (χ4n) is 2.11. The largest absolute Gasteiger partial charge is 0.347 e. The molecule has 2 aromatic carbocycles. The smallest absolute Gasteiger partial charge is 0.270 e. The molecule has 0 unspecified atom stereocenters. The molecule has 4 heteroatoms. The van der Waals surface area contributed by atoms with E-state index in [-0.39, 0.29) is 17.1 Å². The molecule has 0 fully saturated rings. The second-order valence-corrected chi connectivity index (χ2v) is 4.68. The van der Waals surface area contributed by atoms with E-state index >= 15 is 0 Å². The minimum atomic E-state index is -0.426. The topological polar surface area (TPSA) is 42.0 Å². The molecule has 0 aliphatic heterocycles. The van der Waals surface area contributed by atoms with Gasteiger partial charge in [0.1, 0.15) is 17.0 Å². The van der Waals surface area contributed by atoms with Gasteiger partial charge in [0, 0.05) is 11.9 Å². The number of rotatable bonds is 3. The molecule has 1 N–H and O–H groups in total. The minimum Gasteiger partial charge on any atom is -0.347 e. The van der Waals surface area contributed by atoms with E-state index < -0.39 is 5.82 Å². The Bertz CT molecular complexity index is 787. The normalized spacial score (nSPS) is 10.5. The van der Waals surface area contributed by atoms with Crippen LogP contribution in [0.3, 0.4) is 0 Å². The van der Waals surface area contributed by atoms with Crippen molar-refractivity contribution in [1.82, 2.24) is 10.3 Å².